The van der Waals surface area contributed by atoms with Crippen LogP contribution in [0.2, 0.25) is 0 Å². The van der Waals surface area contributed by atoms with Crippen LogP contribution in [0.3, 0.4) is 0 Å². The van der Waals surface area contributed by atoms with Crippen LogP contribution in [0, 0.1) is 17.3 Å². The number of carbonyl (C=O) groups excluding carboxylic acids is 3. The summed E-state index contributed by atoms with van der Waals surface area (Å²) in [6, 6.07) is 0. The second-order valence-corrected chi connectivity index (χ2v) is 8.04. The molecular formula is C19H31N3O4. The van der Waals surface area contributed by atoms with Crippen LogP contribution in [0.1, 0.15) is 44.9 Å². The first kappa shape index (κ1) is 19.3. The standard InChI is InChI=1S/C19H31N3O4/c1-26-13-19(7-9-20-10-8-19)12-21-16(23)6-11-22-17(24)14-4-2-3-5-15(14)18(22)25/h14-15,20H,2-13H2,1H3,(H,21,23). The highest BCUT2D eigenvalue weighted by Crippen LogP contribution is 2.38. The largest absolute Gasteiger partial charge is 0.384 e. The Balaban J connectivity index is 1.48. The molecule has 1 saturated carbocycles. The van der Waals surface area contributed by atoms with Crippen molar-refractivity contribution in [1.29, 1.82) is 0 Å². The van der Waals surface area contributed by atoms with E-state index in [9.17, 15) is 14.4 Å². The smallest absolute Gasteiger partial charge is 0.233 e. The van der Waals surface area contributed by atoms with Gasteiger partial charge in [-0.25, -0.2) is 0 Å². The molecule has 3 rings (SSSR count). The molecule has 1 aliphatic carbocycles. The Labute approximate surface area is 155 Å². The van der Waals surface area contributed by atoms with Gasteiger partial charge in [0.15, 0.2) is 0 Å². The van der Waals surface area contributed by atoms with Crippen molar-refractivity contribution in [1.82, 2.24) is 15.5 Å². The maximum atomic E-state index is 12.5. The van der Waals surface area contributed by atoms with Crippen molar-refractivity contribution < 1.29 is 19.1 Å². The molecular weight excluding hydrogens is 334 g/mol. The highest BCUT2D eigenvalue weighted by atomic mass is 16.5. The average Bonchev–Trinajstić information content (AvgIpc) is 2.90. The van der Waals surface area contributed by atoms with E-state index in [4.69, 9.17) is 4.74 Å². The first-order chi connectivity index (χ1) is 12.6. The van der Waals surface area contributed by atoms with Gasteiger partial charge in [0, 0.05) is 32.0 Å². The van der Waals surface area contributed by atoms with Gasteiger partial charge in [-0.1, -0.05) is 12.8 Å². The Bertz CT molecular complexity index is 515. The summed E-state index contributed by atoms with van der Waals surface area (Å²) in [6.45, 7) is 3.27. The number of hydrogen-bond acceptors (Lipinski definition) is 5. The predicted octanol–water partition coefficient (Wildman–Crippen LogP) is 0.684. The number of likely N-dealkylation sites (tertiary alicyclic amines) is 1. The lowest BCUT2D eigenvalue weighted by Gasteiger charge is -2.37. The molecule has 2 heterocycles. The number of methoxy groups -OCH3 is 1. The molecule has 2 aliphatic heterocycles. The summed E-state index contributed by atoms with van der Waals surface area (Å²) >= 11 is 0. The van der Waals surface area contributed by atoms with Gasteiger partial charge in [-0.15, -0.1) is 0 Å². The molecule has 146 valence electrons. The highest BCUT2D eigenvalue weighted by molar-refractivity contribution is 6.05. The van der Waals surface area contributed by atoms with E-state index in [-0.39, 0.29) is 47.9 Å². The van der Waals surface area contributed by atoms with E-state index in [1.807, 2.05) is 0 Å². The van der Waals surface area contributed by atoms with Crippen LogP contribution in [-0.4, -0.2) is 62.5 Å². The third kappa shape index (κ3) is 4.09. The van der Waals surface area contributed by atoms with Crippen molar-refractivity contribution >= 4 is 17.7 Å². The molecule has 0 spiro atoms. The molecule has 7 nitrogen and oxygen atoms in total. The lowest BCUT2D eigenvalue weighted by molar-refractivity contribution is -0.140. The molecule has 7 heteroatoms. The van der Waals surface area contributed by atoms with Gasteiger partial charge in [-0.3, -0.25) is 19.3 Å². The fourth-order valence-corrected chi connectivity index (χ4v) is 4.67. The SMILES string of the molecule is COCC1(CNC(=O)CCN2C(=O)C3CCCCC3C2=O)CCNCC1. The zero-order valence-electron chi connectivity index (χ0n) is 15.7. The number of hydrogen-bond donors (Lipinski definition) is 2. The number of carbonyl (C=O) groups is 3. The number of imide groups is 1. The zero-order chi connectivity index (χ0) is 18.6. The van der Waals surface area contributed by atoms with Crippen molar-refractivity contribution in [2.75, 3.05) is 39.9 Å². The van der Waals surface area contributed by atoms with Gasteiger partial charge in [0.25, 0.3) is 0 Å². The van der Waals surface area contributed by atoms with Crippen LogP contribution in [-0.2, 0) is 19.1 Å². The average molecular weight is 365 g/mol. The minimum absolute atomic E-state index is 0.0239. The van der Waals surface area contributed by atoms with Crippen molar-refractivity contribution in [3.05, 3.63) is 0 Å². The van der Waals surface area contributed by atoms with Gasteiger partial charge in [-0.05, 0) is 38.8 Å². The van der Waals surface area contributed by atoms with Gasteiger partial charge in [0.1, 0.15) is 0 Å². The van der Waals surface area contributed by atoms with Crippen LogP contribution in [0.25, 0.3) is 0 Å². The predicted molar refractivity (Wildman–Crippen MR) is 96.2 cm³/mol. The molecule has 0 bridgehead atoms. The van der Waals surface area contributed by atoms with E-state index in [1.165, 1.54) is 4.90 Å². The molecule has 2 N–H and O–H groups in total. The number of nitrogens with zero attached hydrogens (tertiary/aromatic N) is 1. The molecule has 2 saturated heterocycles. The number of piperidine rings is 1. The molecule has 3 amide bonds. The van der Waals surface area contributed by atoms with E-state index in [0.29, 0.717) is 13.2 Å². The van der Waals surface area contributed by atoms with Crippen LogP contribution < -0.4 is 10.6 Å². The van der Waals surface area contributed by atoms with Crippen LogP contribution >= 0.6 is 0 Å². The highest BCUT2D eigenvalue weighted by Gasteiger charge is 2.47. The second-order valence-electron chi connectivity index (χ2n) is 8.04. The van der Waals surface area contributed by atoms with Gasteiger partial charge in [-0.2, -0.15) is 0 Å². The summed E-state index contributed by atoms with van der Waals surface area (Å²) in [5.41, 5.74) is -0.0239. The Hall–Kier alpha value is -1.47. The van der Waals surface area contributed by atoms with Gasteiger partial charge in [0.2, 0.25) is 17.7 Å². The summed E-state index contributed by atoms with van der Waals surface area (Å²) in [6.07, 6.45) is 5.77. The molecule has 26 heavy (non-hydrogen) atoms. The van der Waals surface area contributed by atoms with E-state index in [2.05, 4.69) is 10.6 Å². The summed E-state index contributed by atoms with van der Waals surface area (Å²) in [4.78, 5) is 38.5. The third-order valence-corrected chi connectivity index (χ3v) is 6.27. The Morgan fingerprint density at radius 3 is 2.38 bits per heavy atom. The molecule has 2 atom stereocenters. The van der Waals surface area contributed by atoms with Crippen molar-refractivity contribution in [3.8, 4) is 0 Å². The quantitative estimate of drug-likeness (QED) is 0.648. The van der Waals surface area contributed by atoms with E-state index in [0.717, 1.165) is 51.6 Å². The zero-order valence-corrected chi connectivity index (χ0v) is 15.7. The molecule has 2 unspecified atom stereocenters. The molecule has 0 aromatic carbocycles. The normalized spacial score (nSPS) is 28.1. The van der Waals surface area contributed by atoms with Gasteiger partial charge in [0.05, 0.1) is 18.4 Å². The van der Waals surface area contributed by atoms with E-state index in [1.54, 1.807) is 7.11 Å². The Morgan fingerprint density at radius 1 is 1.19 bits per heavy atom. The molecule has 3 aliphatic rings. The fraction of sp³-hybridized carbons (Fsp3) is 0.842. The van der Waals surface area contributed by atoms with Gasteiger partial charge >= 0.3 is 0 Å². The number of nitrogens with one attached hydrogen (secondary N) is 2. The van der Waals surface area contributed by atoms with E-state index < -0.39 is 0 Å². The first-order valence-corrected chi connectivity index (χ1v) is 9.88. The molecule has 0 radical (unpaired) electrons. The number of amides is 3. The summed E-state index contributed by atoms with van der Waals surface area (Å²) in [7, 11) is 1.69. The summed E-state index contributed by atoms with van der Waals surface area (Å²) in [5.74, 6) is -0.518. The minimum Gasteiger partial charge on any atom is -0.384 e. The summed E-state index contributed by atoms with van der Waals surface area (Å²) < 4.78 is 5.36. The molecule has 0 aromatic heterocycles. The van der Waals surface area contributed by atoms with Crippen LogP contribution in [0.4, 0.5) is 0 Å². The number of rotatable bonds is 7. The topological polar surface area (TPSA) is 87.7 Å². The fourth-order valence-electron chi connectivity index (χ4n) is 4.67. The number of ether oxygens (including phenoxy) is 1. The number of fused-ring (bicyclic) bond motifs is 1. The van der Waals surface area contributed by atoms with Crippen LogP contribution in [0.15, 0.2) is 0 Å². The maximum absolute atomic E-state index is 12.5. The van der Waals surface area contributed by atoms with Crippen molar-refractivity contribution in [3.63, 3.8) is 0 Å². The van der Waals surface area contributed by atoms with Crippen molar-refractivity contribution in [2.24, 2.45) is 17.3 Å². The first-order valence-electron chi connectivity index (χ1n) is 9.88. The Kier molecular flexibility index (Phi) is 6.29. The summed E-state index contributed by atoms with van der Waals surface area (Å²) in [5, 5.41) is 6.33. The lowest BCUT2D eigenvalue weighted by atomic mass is 9.79. The lowest BCUT2D eigenvalue weighted by Crippen LogP contribution is -2.47. The Morgan fingerprint density at radius 2 is 1.81 bits per heavy atom. The van der Waals surface area contributed by atoms with Crippen molar-refractivity contribution in [2.45, 2.75) is 44.9 Å². The molecule has 0 aromatic rings. The van der Waals surface area contributed by atoms with Crippen LogP contribution in [0.5, 0.6) is 0 Å². The minimum atomic E-state index is -0.140. The van der Waals surface area contributed by atoms with E-state index >= 15 is 0 Å². The second kappa shape index (κ2) is 8.48. The van der Waals surface area contributed by atoms with Gasteiger partial charge < -0.3 is 15.4 Å². The maximum Gasteiger partial charge on any atom is 0.233 e. The molecule has 3 fully saturated rings. The monoisotopic (exact) mass is 365 g/mol. The third-order valence-electron chi connectivity index (χ3n) is 6.27.